The molecule has 0 bridgehead atoms. The summed E-state index contributed by atoms with van der Waals surface area (Å²) in [5.41, 5.74) is 2.01. The minimum Gasteiger partial charge on any atom is -0.390 e. The van der Waals surface area contributed by atoms with E-state index in [4.69, 9.17) is 0 Å². The van der Waals surface area contributed by atoms with Crippen LogP contribution in [0.2, 0.25) is 0 Å². The number of para-hydroxylation sites is 1. The Bertz CT molecular complexity index is 636. The summed E-state index contributed by atoms with van der Waals surface area (Å²) in [5, 5.41) is 18.1. The van der Waals surface area contributed by atoms with Gasteiger partial charge < -0.3 is 15.3 Å². The van der Waals surface area contributed by atoms with Gasteiger partial charge >= 0.3 is 0 Å². The molecule has 6 heteroatoms. The van der Waals surface area contributed by atoms with E-state index in [0.29, 0.717) is 19.5 Å². The van der Waals surface area contributed by atoms with Gasteiger partial charge in [0.2, 0.25) is 5.91 Å². The zero-order valence-electron chi connectivity index (χ0n) is 13.4. The number of likely N-dealkylation sites (N-methyl/N-ethyl adjacent to an activating group) is 1. The lowest BCUT2D eigenvalue weighted by molar-refractivity contribution is -0.121. The molecule has 1 aromatic carbocycles. The number of amides is 1. The summed E-state index contributed by atoms with van der Waals surface area (Å²) in [4.78, 5) is 13.8. The van der Waals surface area contributed by atoms with Gasteiger partial charge in [-0.1, -0.05) is 18.2 Å². The molecule has 6 nitrogen and oxygen atoms in total. The number of carbonyl (C=O) groups excluding carboxylic acids is 1. The van der Waals surface area contributed by atoms with Gasteiger partial charge in [-0.25, -0.2) is 0 Å². The van der Waals surface area contributed by atoms with E-state index < -0.39 is 6.10 Å². The summed E-state index contributed by atoms with van der Waals surface area (Å²) in [6.07, 6.45) is -0.202. The van der Waals surface area contributed by atoms with Crippen LogP contribution in [0.3, 0.4) is 0 Å². The molecule has 2 rings (SSSR count). The van der Waals surface area contributed by atoms with Crippen molar-refractivity contribution in [1.29, 1.82) is 0 Å². The minimum absolute atomic E-state index is 0.0740. The Morgan fingerprint density at radius 2 is 2.14 bits per heavy atom. The number of aliphatic hydroxyl groups is 1. The van der Waals surface area contributed by atoms with Crippen LogP contribution in [-0.2, 0) is 11.3 Å². The fourth-order valence-corrected chi connectivity index (χ4v) is 2.48. The number of hydrogen-bond donors (Lipinski definition) is 2. The molecule has 0 aliphatic rings. The molecule has 120 valence electrons. The van der Waals surface area contributed by atoms with Crippen LogP contribution < -0.4 is 5.32 Å². The summed E-state index contributed by atoms with van der Waals surface area (Å²) in [7, 11) is 3.77. The van der Waals surface area contributed by atoms with Crippen LogP contribution in [0.5, 0.6) is 0 Å². The predicted molar refractivity (Wildman–Crippen MR) is 86.7 cm³/mol. The minimum atomic E-state index is -0.549. The second-order valence-corrected chi connectivity index (χ2v) is 5.80. The Kier molecular flexibility index (Phi) is 5.51. The van der Waals surface area contributed by atoms with Crippen molar-refractivity contribution < 1.29 is 9.90 Å². The fourth-order valence-electron chi connectivity index (χ4n) is 2.48. The molecule has 1 atom stereocenters. The van der Waals surface area contributed by atoms with Gasteiger partial charge in [-0.2, -0.15) is 5.10 Å². The van der Waals surface area contributed by atoms with Gasteiger partial charge in [0.1, 0.15) is 0 Å². The van der Waals surface area contributed by atoms with Crippen molar-refractivity contribution in [2.24, 2.45) is 0 Å². The number of aliphatic hydroxyl groups excluding tert-OH is 1. The molecule has 0 saturated carbocycles. The molecule has 2 N–H and O–H groups in total. The van der Waals surface area contributed by atoms with Gasteiger partial charge in [0.05, 0.1) is 23.9 Å². The molecular weight excluding hydrogens is 280 g/mol. The van der Waals surface area contributed by atoms with Crippen molar-refractivity contribution >= 4 is 16.8 Å². The summed E-state index contributed by atoms with van der Waals surface area (Å²) >= 11 is 0. The number of nitrogens with zero attached hydrogens (tertiary/aromatic N) is 3. The lowest BCUT2D eigenvalue weighted by Crippen LogP contribution is -2.37. The van der Waals surface area contributed by atoms with Crippen LogP contribution in [0.1, 0.15) is 12.1 Å². The van der Waals surface area contributed by atoms with E-state index in [-0.39, 0.29) is 12.5 Å². The average Bonchev–Trinajstić information content (AvgIpc) is 2.79. The average molecular weight is 304 g/mol. The first kappa shape index (κ1) is 16.5. The third-order valence-corrected chi connectivity index (χ3v) is 3.50. The van der Waals surface area contributed by atoms with Crippen molar-refractivity contribution in [3.63, 3.8) is 0 Å². The third-order valence-electron chi connectivity index (χ3n) is 3.50. The Balaban J connectivity index is 1.85. The summed E-state index contributed by atoms with van der Waals surface area (Å²) in [6, 6.07) is 8.00. The first-order valence-corrected chi connectivity index (χ1v) is 7.49. The van der Waals surface area contributed by atoms with Crippen LogP contribution >= 0.6 is 0 Å². The first-order chi connectivity index (χ1) is 10.5. The summed E-state index contributed by atoms with van der Waals surface area (Å²) < 4.78 is 1.86. The van der Waals surface area contributed by atoms with E-state index >= 15 is 0 Å². The number of aromatic nitrogens is 2. The van der Waals surface area contributed by atoms with Crippen molar-refractivity contribution in [1.82, 2.24) is 20.0 Å². The first-order valence-electron chi connectivity index (χ1n) is 7.49. The molecule has 1 unspecified atom stereocenters. The molecule has 1 heterocycles. The smallest absolute Gasteiger partial charge is 0.221 e. The standard InChI is InChI=1S/C16H24N4O2/c1-12-14-6-4-5-7-15(14)20(18-12)9-8-16(22)17-10-13(21)11-19(2)3/h4-7,13,21H,8-11H2,1-3H3,(H,17,22). The number of carbonyl (C=O) groups is 1. The van der Waals surface area contributed by atoms with E-state index in [1.165, 1.54) is 0 Å². The molecular formula is C16H24N4O2. The largest absolute Gasteiger partial charge is 0.390 e. The van der Waals surface area contributed by atoms with E-state index in [1.807, 2.05) is 54.9 Å². The van der Waals surface area contributed by atoms with Gasteiger partial charge in [0, 0.05) is 24.9 Å². The van der Waals surface area contributed by atoms with Crippen LogP contribution in [0.25, 0.3) is 10.9 Å². The predicted octanol–water partition coefficient (Wildman–Crippen LogP) is 0.774. The van der Waals surface area contributed by atoms with Crippen LogP contribution in [0, 0.1) is 6.92 Å². The normalized spacial score (nSPS) is 12.8. The zero-order chi connectivity index (χ0) is 16.1. The topological polar surface area (TPSA) is 70.4 Å². The Hall–Kier alpha value is -1.92. The van der Waals surface area contributed by atoms with Crippen LogP contribution in [0.15, 0.2) is 24.3 Å². The van der Waals surface area contributed by atoms with Gasteiger partial charge in [0.15, 0.2) is 0 Å². The maximum absolute atomic E-state index is 11.9. The van der Waals surface area contributed by atoms with Crippen molar-refractivity contribution in [2.75, 3.05) is 27.2 Å². The molecule has 1 amide bonds. The summed E-state index contributed by atoms with van der Waals surface area (Å²) in [6.45, 7) is 3.31. The molecule has 0 aliphatic carbocycles. The Morgan fingerprint density at radius 3 is 2.86 bits per heavy atom. The molecule has 0 fully saturated rings. The van der Waals surface area contributed by atoms with E-state index in [2.05, 4.69) is 10.4 Å². The highest BCUT2D eigenvalue weighted by Gasteiger charge is 2.10. The molecule has 0 radical (unpaired) electrons. The molecule has 0 saturated heterocycles. The summed E-state index contributed by atoms with van der Waals surface area (Å²) in [5.74, 6) is -0.0740. The lowest BCUT2D eigenvalue weighted by Gasteiger charge is -2.16. The number of rotatable bonds is 7. The number of hydrogen-bond acceptors (Lipinski definition) is 4. The Labute approximate surface area is 130 Å². The highest BCUT2D eigenvalue weighted by Crippen LogP contribution is 2.17. The maximum Gasteiger partial charge on any atom is 0.221 e. The van der Waals surface area contributed by atoms with Crippen molar-refractivity contribution in [3.8, 4) is 0 Å². The second kappa shape index (κ2) is 7.38. The molecule has 1 aromatic heterocycles. The van der Waals surface area contributed by atoms with E-state index in [1.54, 1.807) is 0 Å². The van der Waals surface area contributed by atoms with Crippen LogP contribution in [0.4, 0.5) is 0 Å². The number of benzene rings is 1. The monoisotopic (exact) mass is 304 g/mol. The van der Waals surface area contributed by atoms with Gasteiger partial charge in [-0.15, -0.1) is 0 Å². The van der Waals surface area contributed by atoms with Crippen LogP contribution in [-0.4, -0.2) is 59.0 Å². The van der Waals surface area contributed by atoms with Crippen molar-refractivity contribution in [3.05, 3.63) is 30.0 Å². The maximum atomic E-state index is 11.9. The van der Waals surface area contributed by atoms with Crippen molar-refractivity contribution in [2.45, 2.75) is 26.0 Å². The third kappa shape index (κ3) is 4.29. The fraction of sp³-hybridized carbons (Fsp3) is 0.500. The highest BCUT2D eigenvalue weighted by molar-refractivity contribution is 5.82. The number of aryl methyl sites for hydroxylation is 2. The van der Waals surface area contributed by atoms with E-state index in [0.717, 1.165) is 16.6 Å². The number of nitrogens with one attached hydrogen (secondary N) is 1. The highest BCUT2D eigenvalue weighted by atomic mass is 16.3. The number of fused-ring (bicyclic) bond motifs is 1. The lowest BCUT2D eigenvalue weighted by atomic mass is 10.2. The molecule has 0 spiro atoms. The molecule has 22 heavy (non-hydrogen) atoms. The SMILES string of the molecule is Cc1nn(CCC(=O)NCC(O)CN(C)C)c2ccccc12. The molecule has 0 aliphatic heterocycles. The van der Waals surface area contributed by atoms with E-state index in [9.17, 15) is 9.90 Å². The quantitative estimate of drug-likeness (QED) is 0.793. The zero-order valence-corrected chi connectivity index (χ0v) is 13.4. The second-order valence-electron chi connectivity index (χ2n) is 5.80. The van der Waals surface area contributed by atoms with Gasteiger partial charge in [-0.3, -0.25) is 9.48 Å². The van der Waals surface area contributed by atoms with Gasteiger partial charge in [0.25, 0.3) is 0 Å². The molecule has 2 aromatic rings. The Morgan fingerprint density at radius 1 is 1.41 bits per heavy atom. The van der Waals surface area contributed by atoms with Gasteiger partial charge in [-0.05, 0) is 27.1 Å².